The molecule has 0 atom stereocenters. The summed E-state index contributed by atoms with van der Waals surface area (Å²) < 4.78 is 2.45. The second-order valence-corrected chi connectivity index (χ2v) is 4.11. The van der Waals surface area contributed by atoms with Gasteiger partial charge in [-0.1, -0.05) is 0 Å². The molecule has 0 aliphatic carbocycles. The summed E-state index contributed by atoms with van der Waals surface area (Å²) in [5.41, 5.74) is 0.355. The number of rotatable bonds is 2. The predicted octanol–water partition coefficient (Wildman–Crippen LogP) is 1.83. The van der Waals surface area contributed by atoms with Gasteiger partial charge in [0.15, 0.2) is 5.82 Å². The third kappa shape index (κ3) is 2.46. The Hall–Kier alpha value is -1.69. The molecule has 0 bridgehead atoms. The quantitative estimate of drug-likeness (QED) is 0.913. The molecule has 0 aliphatic heterocycles. The number of halogens is 1. The second-order valence-electron chi connectivity index (χ2n) is 3.19. The Morgan fingerprint density at radius 2 is 2.25 bits per heavy atom. The smallest absolute Gasteiger partial charge is 0.275 e. The lowest BCUT2D eigenvalue weighted by atomic mass is 10.3. The van der Waals surface area contributed by atoms with Crippen LogP contribution in [0.25, 0.3) is 0 Å². The van der Waals surface area contributed by atoms with Crippen molar-refractivity contribution in [3.05, 3.63) is 40.8 Å². The highest BCUT2D eigenvalue weighted by Crippen LogP contribution is 2.09. The van der Waals surface area contributed by atoms with Gasteiger partial charge in [0.25, 0.3) is 5.91 Å². The molecule has 6 heteroatoms. The number of pyridine rings is 1. The Labute approximate surface area is 101 Å². The number of hydrogen-bond donors (Lipinski definition) is 1. The van der Waals surface area contributed by atoms with Crippen molar-refractivity contribution in [2.75, 3.05) is 5.32 Å². The van der Waals surface area contributed by atoms with Crippen LogP contribution in [0.4, 0.5) is 5.82 Å². The zero-order chi connectivity index (χ0) is 11.5. The van der Waals surface area contributed by atoms with E-state index in [1.54, 1.807) is 42.3 Å². The number of nitrogens with zero attached hydrogens (tertiary/aromatic N) is 3. The van der Waals surface area contributed by atoms with Crippen molar-refractivity contribution >= 4 is 27.7 Å². The average Bonchev–Trinajstić information content (AvgIpc) is 2.65. The van der Waals surface area contributed by atoms with Crippen LogP contribution in [-0.2, 0) is 7.05 Å². The maximum absolute atomic E-state index is 11.7. The molecule has 1 amide bonds. The minimum atomic E-state index is -0.272. The van der Waals surface area contributed by atoms with Gasteiger partial charge in [0.05, 0.1) is 0 Å². The summed E-state index contributed by atoms with van der Waals surface area (Å²) in [6, 6.07) is 5.12. The zero-order valence-electron chi connectivity index (χ0n) is 8.51. The molecule has 0 spiro atoms. The maximum atomic E-state index is 11.7. The molecule has 0 saturated heterocycles. The lowest BCUT2D eigenvalue weighted by molar-refractivity contribution is 0.102. The lowest BCUT2D eigenvalue weighted by Crippen LogP contribution is -2.13. The van der Waals surface area contributed by atoms with E-state index in [0.717, 1.165) is 4.47 Å². The van der Waals surface area contributed by atoms with Gasteiger partial charge in [-0.25, -0.2) is 4.98 Å². The molecule has 5 nitrogen and oxygen atoms in total. The van der Waals surface area contributed by atoms with Crippen LogP contribution >= 0.6 is 15.9 Å². The highest BCUT2D eigenvalue weighted by molar-refractivity contribution is 9.10. The third-order valence-corrected chi connectivity index (χ3v) is 2.38. The lowest BCUT2D eigenvalue weighted by Gasteiger charge is -2.00. The number of anilines is 1. The SMILES string of the molecule is Cn1ccc(NC(=O)c2ccc(Br)cn2)n1. The molecule has 2 heterocycles. The second kappa shape index (κ2) is 4.44. The Bertz CT molecular complexity index is 506. The number of aromatic nitrogens is 3. The van der Waals surface area contributed by atoms with Crippen LogP contribution in [0.3, 0.4) is 0 Å². The van der Waals surface area contributed by atoms with Gasteiger partial charge in [-0.15, -0.1) is 0 Å². The molecular formula is C10H9BrN4O. The van der Waals surface area contributed by atoms with E-state index in [0.29, 0.717) is 11.5 Å². The first kappa shape index (κ1) is 10.8. The van der Waals surface area contributed by atoms with E-state index in [9.17, 15) is 4.79 Å². The minimum absolute atomic E-state index is 0.272. The standard InChI is InChI=1S/C10H9BrN4O/c1-15-5-4-9(14-15)13-10(16)8-3-2-7(11)6-12-8/h2-6H,1H3,(H,13,14,16). The van der Waals surface area contributed by atoms with Crippen molar-refractivity contribution < 1.29 is 4.79 Å². The van der Waals surface area contributed by atoms with Gasteiger partial charge in [0.2, 0.25) is 0 Å². The van der Waals surface area contributed by atoms with Crippen LogP contribution in [0.15, 0.2) is 35.1 Å². The fourth-order valence-electron chi connectivity index (χ4n) is 1.17. The average molecular weight is 281 g/mol. The van der Waals surface area contributed by atoms with Crippen molar-refractivity contribution in [1.82, 2.24) is 14.8 Å². The van der Waals surface area contributed by atoms with Crippen LogP contribution < -0.4 is 5.32 Å². The third-order valence-electron chi connectivity index (χ3n) is 1.92. The molecule has 16 heavy (non-hydrogen) atoms. The van der Waals surface area contributed by atoms with Gasteiger partial charge in [0.1, 0.15) is 5.69 Å². The highest BCUT2D eigenvalue weighted by Gasteiger charge is 2.08. The van der Waals surface area contributed by atoms with Crippen molar-refractivity contribution in [3.63, 3.8) is 0 Å². The first-order valence-corrected chi connectivity index (χ1v) is 5.37. The molecule has 0 radical (unpaired) electrons. The molecule has 2 aromatic heterocycles. The number of amides is 1. The summed E-state index contributed by atoms with van der Waals surface area (Å²) in [5.74, 6) is 0.239. The number of carbonyl (C=O) groups excluding carboxylic acids is 1. The maximum Gasteiger partial charge on any atom is 0.275 e. The van der Waals surface area contributed by atoms with E-state index in [2.05, 4.69) is 31.3 Å². The Kier molecular flexibility index (Phi) is 3.00. The van der Waals surface area contributed by atoms with Gasteiger partial charge >= 0.3 is 0 Å². The molecule has 0 aromatic carbocycles. The number of hydrogen-bond acceptors (Lipinski definition) is 3. The predicted molar refractivity (Wildman–Crippen MR) is 63.1 cm³/mol. The Balaban J connectivity index is 2.11. The van der Waals surface area contributed by atoms with Crippen LogP contribution in [0.5, 0.6) is 0 Å². The monoisotopic (exact) mass is 280 g/mol. The Morgan fingerprint density at radius 1 is 1.44 bits per heavy atom. The largest absolute Gasteiger partial charge is 0.304 e. The summed E-state index contributed by atoms with van der Waals surface area (Å²) in [4.78, 5) is 15.7. The van der Waals surface area contributed by atoms with E-state index in [-0.39, 0.29) is 5.91 Å². The highest BCUT2D eigenvalue weighted by atomic mass is 79.9. The topological polar surface area (TPSA) is 59.8 Å². The Morgan fingerprint density at radius 3 is 2.81 bits per heavy atom. The fourth-order valence-corrected chi connectivity index (χ4v) is 1.41. The molecule has 2 aromatic rings. The van der Waals surface area contributed by atoms with E-state index in [4.69, 9.17) is 0 Å². The molecule has 82 valence electrons. The number of aryl methyl sites for hydroxylation is 1. The number of carbonyl (C=O) groups is 1. The van der Waals surface area contributed by atoms with Gasteiger partial charge in [-0.05, 0) is 28.1 Å². The van der Waals surface area contributed by atoms with Crippen molar-refractivity contribution in [2.45, 2.75) is 0 Å². The number of nitrogens with one attached hydrogen (secondary N) is 1. The van der Waals surface area contributed by atoms with Crippen LogP contribution in [0.1, 0.15) is 10.5 Å². The molecular weight excluding hydrogens is 272 g/mol. The summed E-state index contributed by atoms with van der Waals surface area (Å²) in [7, 11) is 1.79. The summed E-state index contributed by atoms with van der Waals surface area (Å²) >= 11 is 3.25. The first-order chi connectivity index (χ1) is 7.65. The van der Waals surface area contributed by atoms with Gasteiger partial charge in [0, 0.05) is 30.0 Å². The molecule has 2 rings (SSSR count). The molecule has 0 saturated carbocycles. The summed E-state index contributed by atoms with van der Waals surface area (Å²) in [6.07, 6.45) is 3.33. The van der Waals surface area contributed by atoms with Gasteiger partial charge < -0.3 is 5.32 Å². The van der Waals surface area contributed by atoms with Crippen LogP contribution in [0, 0.1) is 0 Å². The molecule has 0 unspecified atom stereocenters. The van der Waals surface area contributed by atoms with Gasteiger partial charge in [-0.3, -0.25) is 9.48 Å². The van der Waals surface area contributed by atoms with Gasteiger partial charge in [-0.2, -0.15) is 5.10 Å². The summed E-state index contributed by atoms with van der Waals surface area (Å²) in [6.45, 7) is 0. The van der Waals surface area contributed by atoms with Crippen molar-refractivity contribution in [1.29, 1.82) is 0 Å². The molecule has 0 fully saturated rings. The molecule has 0 aliphatic rings. The summed E-state index contributed by atoms with van der Waals surface area (Å²) in [5, 5.41) is 6.69. The van der Waals surface area contributed by atoms with E-state index < -0.39 is 0 Å². The van der Waals surface area contributed by atoms with Crippen molar-refractivity contribution in [2.24, 2.45) is 7.05 Å². The normalized spacial score (nSPS) is 10.1. The van der Waals surface area contributed by atoms with E-state index in [1.165, 1.54) is 0 Å². The van der Waals surface area contributed by atoms with Crippen LogP contribution in [-0.4, -0.2) is 20.7 Å². The van der Waals surface area contributed by atoms with E-state index in [1.807, 2.05) is 0 Å². The molecule has 1 N–H and O–H groups in total. The van der Waals surface area contributed by atoms with E-state index >= 15 is 0 Å². The first-order valence-electron chi connectivity index (χ1n) is 4.58. The zero-order valence-corrected chi connectivity index (χ0v) is 10.1. The fraction of sp³-hybridized carbons (Fsp3) is 0.100. The van der Waals surface area contributed by atoms with Crippen LogP contribution in [0.2, 0.25) is 0 Å². The van der Waals surface area contributed by atoms with Crippen molar-refractivity contribution in [3.8, 4) is 0 Å². The minimum Gasteiger partial charge on any atom is -0.304 e.